The van der Waals surface area contributed by atoms with E-state index in [2.05, 4.69) is 9.68 Å². The molecular weight excluding hydrogens is 250 g/mol. The number of aromatic nitrogens is 1. The second-order valence-corrected chi connectivity index (χ2v) is 6.64. The van der Waals surface area contributed by atoms with Crippen LogP contribution in [0.5, 0.6) is 0 Å². The Morgan fingerprint density at radius 3 is 2.00 bits per heavy atom. The van der Waals surface area contributed by atoms with Crippen LogP contribution < -0.4 is 5.73 Å². The molecule has 0 spiro atoms. The van der Waals surface area contributed by atoms with Crippen LogP contribution in [-0.2, 0) is 14.2 Å². The Kier molecular flexibility index (Phi) is 2.92. The van der Waals surface area contributed by atoms with Crippen molar-refractivity contribution >= 4 is 15.2 Å². The molecule has 0 atom stereocenters. The van der Waals surface area contributed by atoms with Crippen LogP contribution >= 0.6 is 15.2 Å². The summed E-state index contributed by atoms with van der Waals surface area (Å²) >= 11 is 0. The Morgan fingerprint density at radius 2 is 1.73 bits per heavy atom. The second kappa shape index (κ2) is 3.50. The fraction of sp³-hybridized carbons (Fsp3) is 0.250. The summed E-state index contributed by atoms with van der Waals surface area (Å²) in [4.78, 5) is 35.4. The smallest absolute Gasteiger partial charge is 0.364 e. The number of hydrogen-bond donors (Lipinski definition) is 5. The van der Waals surface area contributed by atoms with Gasteiger partial charge in [-0.2, -0.15) is 0 Å². The number of nitrogens with two attached hydrogens (primary N) is 1. The van der Waals surface area contributed by atoms with Crippen molar-refractivity contribution in [3.8, 4) is 0 Å². The Morgan fingerprint density at radius 1 is 1.27 bits per heavy atom. The lowest BCUT2D eigenvalue weighted by Gasteiger charge is -2.27. The van der Waals surface area contributed by atoms with E-state index in [-0.39, 0.29) is 0 Å². The molecule has 1 aromatic heterocycles. The molecular formula is C4H8N2O7P2. The quantitative estimate of drug-likeness (QED) is 0.431. The lowest BCUT2D eigenvalue weighted by molar-refractivity contribution is 0.302. The Labute approximate surface area is 83.2 Å². The van der Waals surface area contributed by atoms with Gasteiger partial charge in [0.1, 0.15) is 12.0 Å². The van der Waals surface area contributed by atoms with E-state index in [4.69, 9.17) is 25.3 Å². The summed E-state index contributed by atoms with van der Waals surface area (Å²) in [6.07, 6.45) is 0.891. The molecule has 15 heavy (non-hydrogen) atoms. The van der Waals surface area contributed by atoms with Gasteiger partial charge in [0.2, 0.25) is 0 Å². The van der Waals surface area contributed by atoms with E-state index in [1.54, 1.807) is 0 Å². The molecule has 0 aliphatic carbocycles. The van der Waals surface area contributed by atoms with Gasteiger partial charge in [-0.05, 0) is 0 Å². The van der Waals surface area contributed by atoms with E-state index in [9.17, 15) is 9.13 Å². The van der Waals surface area contributed by atoms with Gasteiger partial charge in [0.25, 0.3) is 5.02 Å². The Bertz CT molecular complexity index is 408. The van der Waals surface area contributed by atoms with Crippen molar-refractivity contribution in [2.24, 2.45) is 5.73 Å². The first-order valence-electron chi connectivity index (χ1n) is 3.41. The van der Waals surface area contributed by atoms with Crippen molar-refractivity contribution in [2.75, 3.05) is 0 Å². The van der Waals surface area contributed by atoms with Crippen molar-refractivity contribution < 1.29 is 33.2 Å². The molecule has 0 saturated carbocycles. The molecule has 1 aromatic rings. The van der Waals surface area contributed by atoms with Crippen molar-refractivity contribution in [3.05, 3.63) is 18.0 Å². The zero-order valence-corrected chi connectivity index (χ0v) is 8.88. The first kappa shape index (κ1) is 12.5. The van der Waals surface area contributed by atoms with Crippen molar-refractivity contribution in [1.82, 2.24) is 5.16 Å². The third-order valence-corrected chi connectivity index (χ3v) is 5.50. The average Bonchev–Trinajstić information content (AvgIpc) is 2.49. The summed E-state index contributed by atoms with van der Waals surface area (Å²) in [7, 11) is -10.6. The Hall–Kier alpha value is -0.530. The Balaban J connectivity index is 3.47. The minimum atomic E-state index is -5.31. The SMILES string of the molecule is NC(c1ccon1)(P(=O)(O)O)P(=O)(O)O. The predicted molar refractivity (Wildman–Crippen MR) is 46.5 cm³/mol. The van der Waals surface area contributed by atoms with E-state index in [0.717, 1.165) is 12.3 Å². The third kappa shape index (κ3) is 1.91. The van der Waals surface area contributed by atoms with Crippen LogP contribution in [0.2, 0.25) is 0 Å². The molecule has 1 heterocycles. The zero-order valence-electron chi connectivity index (χ0n) is 7.09. The highest BCUT2D eigenvalue weighted by atomic mass is 31.2. The molecule has 0 amide bonds. The van der Waals surface area contributed by atoms with E-state index in [1.807, 2.05) is 0 Å². The molecule has 11 heteroatoms. The van der Waals surface area contributed by atoms with Gasteiger partial charge in [0.15, 0.2) is 0 Å². The summed E-state index contributed by atoms with van der Waals surface area (Å²) in [6.45, 7) is 0. The van der Waals surface area contributed by atoms with Gasteiger partial charge in [-0.25, -0.2) is 0 Å². The standard InChI is InChI=1S/C4H8N2O7P2/c5-4(14(7,8)9,15(10,11)12)3-1-2-13-6-3/h1-2H,5H2,(H2,7,8,9)(H2,10,11,12). The number of hydrogen-bond acceptors (Lipinski definition) is 5. The minimum Gasteiger partial charge on any atom is -0.364 e. The highest BCUT2D eigenvalue weighted by Gasteiger charge is 2.60. The predicted octanol–water partition coefficient (Wildman–Crippen LogP) is -0.901. The first-order chi connectivity index (χ1) is 6.61. The number of rotatable bonds is 3. The molecule has 0 fully saturated rings. The molecule has 1 rings (SSSR count). The van der Waals surface area contributed by atoms with Crippen molar-refractivity contribution in [2.45, 2.75) is 5.02 Å². The molecule has 0 bridgehead atoms. The average molecular weight is 258 g/mol. The van der Waals surface area contributed by atoms with E-state index >= 15 is 0 Å². The highest BCUT2D eigenvalue weighted by Crippen LogP contribution is 2.70. The maximum Gasteiger partial charge on any atom is 0.364 e. The molecule has 0 radical (unpaired) electrons. The minimum absolute atomic E-state index is 0.704. The summed E-state index contributed by atoms with van der Waals surface area (Å²) in [5.74, 6) is 0. The third-order valence-electron chi connectivity index (χ3n) is 1.70. The van der Waals surface area contributed by atoms with Crippen LogP contribution in [-0.4, -0.2) is 24.7 Å². The van der Waals surface area contributed by atoms with Crippen LogP contribution in [0.15, 0.2) is 16.9 Å². The van der Waals surface area contributed by atoms with E-state index in [1.165, 1.54) is 0 Å². The van der Waals surface area contributed by atoms with Gasteiger partial charge >= 0.3 is 15.2 Å². The largest absolute Gasteiger partial charge is 0.364 e. The fourth-order valence-electron chi connectivity index (χ4n) is 0.870. The summed E-state index contributed by atoms with van der Waals surface area (Å²) in [5, 5.41) is -0.137. The zero-order chi connectivity index (χ0) is 11.9. The van der Waals surface area contributed by atoms with Gasteiger partial charge in [0, 0.05) is 6.07 Å². The van der Waals surface area contributed by atoms with E-state index < -0.39 is 25.9 Å². The van der Waals surface area contributed by atoms with Crippen molar-refractivity contribution in [1.29, 1.82) is 0 Å². The normalized spacial score (nSPS) is 14.2. The van der Waals surface area contributed by atoms with Gasteiger partial charge in [-0.1, -0.05) is 5.16 Å². The van der Waals surface area contributed by atoms with Crippen molar-refractivity contribution in [3.63, 3.8) is 0 Å². The number of nitrogens with zero attached hydrogens (tertiary/aromatic N) is 1. The highest BCUT2D eigenvalue weighted by molar-refractivity contribution is 7.71. The molecule has 9 nitrogen and oxygen atoms in total. The first-order valence-corrected chi connectivity index (χ1v) is 6.64. The molecule has 0 aromatic carbocycles. The van der Waals surface area contributed by atoms with E-state index in [0.29, 0.717) is 0 Å². The summed E-state index contributed by atoms with van der Waals surface area (Å²) < 4.78 is 26.2. The van der Waals surface area contributed by atoms with Crippen LogP contribution in [0.25, 0.3) is 0 Å². The fourth-order valence-corrected chi connectivity index (χ4v) is 3.06. The summed E-state index contributed by atoms with van der Waals surface area (Å²) in [5.41, 5.74) is 4.36. The molecule has 0 unspecified atom stereocenters. The molecule has 0 saturated heterocycles. The van der Waals surface area contributed by atoms with Crippen LogP contribution in [0.4, 0.5) is 0 Å². The molecule has 86 valence electrons. The van der Waals surface area contributed by atoms with Gasteiger partial charge in [0.05, 0.1) is 0 Å². The second-order valence-electron chi connectivity index (χ2n) is 2.70. The lowest BCUT2D eigenvalue weighted by atomic mass is 10.4. The lowest BCUT2D eigenvalue weighted by Crippen LogP contribution is -2.36. The van der Waals surface area contributed by atoms with Gasteiger partial charge in [-0.15, -0.1) is 0 Å². The molecule has 0 aliphatic heterocycles. The van der Waals surface area contributed by atoms with Gasteiger partial charge < -0.3 is 24.1 Å². The van der Waals surface area contributed by atoms with Crippen LogP contribution in [0.3, 0.4) is 0 Å². The topological polar surface area (TPSA) is 167 Å². The summed E-state index contributed by atoms with van der Waals surface area (Å²) in [6, 6.07) is 0.873. The molecule has 0 aliphatic rings. The molecule has 6 N–H and O–H groups in total. The van der Waals surface area contributed by atoms with Gasteiger partial charge in [-0.3, -0.25) is 14.9 Å². The maximum absolute atomic E-state index is 11.0. The maximum atomic E-state index is 11.0. The van der Waals surface area contributed by atoms with Crippen LogP contribution in [0, 0.1) is 0 Å². The monoisotopic (exact) mass is 258 g/mol. The van der Waals surface area contributed by atoms with Crippen LogP contribution in [0.1, 0.15) is 5.69 Å².